The maximum atomic E-state index is 13.3. The van der Waals surface area contributed by atoms with Gasteiger partial charge in [0, 0.05) is 12.4 Å². The Kier molecular flexibility index (Phi) is 5.99. The molecule has 0 saturated carbocycles. The second-order valence-electron chi connectivity index (χ2n) is 8.17. The summed E-state index contributed by atoms with van der Waals surface area (Å²) in [6.45, 7) is 4.34. The number of benzene rings is 1. The monoisotopic (exact) mass is 410 g/mol. The van der Waals surface area contributed by atoms with E-state index in [4.69, 9.17) is 4.98 Å². The molecule has 0 unspecified atom stereocenters. The molecule has 154 valence electrons. The number of amides is 1. The lowest BCUT2D eigenvalue weighted by Gasteiger charge is -2.38. The predicted octanol–water partition coefficient (Wildman–Crippen LogP) is 4.88. The molecule has 0 spiro atoms. The summed E-state index contributed by atoms with van der Waals surface area (Å²) in [7, 11) is 0. The quantitative estimate of drug-likeness (QED) is 0.583. The molecule has 1 fully saturated rings. The van der Waals surface area contributed by atoms with Crippen molar-refractivity contribution in [1.29, 1.82) is 0 Å². The Morgan fingerprint density at radius 3 is 2.66 bits per heavy atom. The highest BCUT2D eigenvalue weighted by molar-refractivity contribution is 7.99. The van der Waals surface area contributed by atoms with Gasteiger partial charge in [-0.15, -0.1) is 0 Å². The normalized spacial score (nSPS) is 18.4. The van der Waals surface area contributed by atoms with Crippen LogP contribution in [0, 0.1) is 5.92 Å². The molecule has 0 radical (unpaired) electrons. The van der Waals surface area contributed by atoms with E-state index in [9.17, 15) is 4.79 Å². The van der Waals surface area contributed by atoms with Crippen molar-refractivity contribution < 1.29 is 4.79 Å². The standard InChI is InChI=1S/C23H30N4OS/c1-3-17(2)21(22-24-18-8-4-5-9-19(18)25-22)26-20(28)16-23(10-14-29-15-11-23)27-12-6-7-13-27/h4-9,12-13,17,21H,3,10-11,14-16H2,1-2H3,(H,24,25)(H,26,28)/t17-,21+/m0/s1. The van der Waals surface area contributed by atoms with Crippen LogP contribution < -0.4 is 5.32 Å². The molecule has 6 heteroatoms. The molecule has 0 bridgehead atoms. The number of hydrogen-bond donors (Lipinski definition) is 2. The van der Waals surface area contributed by atoms with Gasteiger partial charge in [-0.2, -0.15) is 11.8 Å². The molecule has 1 amide bonds. The third kappa shape index (κ3) is 4.22. The zero-order chi connectivity index (χ0) is 20.3. The molecule has 3 aromatic rings. The third-order valence-corrected chi connectivity index (χ3v) is 7.28. The number of para-hydroxylation sites is 2. The SMILES string of the molecule is CC[C@H](C)[C@@H](NC(=O)CC1(n2cccc2)CCSCC1)c1nc2ccccc2[nH]1. The van der Waals surface area contributed by atoms with Crippen molar-refractivity contribution in [1.82, 2.24) is 19.9 Å². The second-order valence-corrected chi connectivity index (χ2v) is 9.40. The first-order valence-electron chi connectivity index (χ1n) is 10.6. The summed E-state index contributed by atoms with van der Waals surface area (Å²) < 4.78 is 2.26. The van der Waals surface area contributed by atoms with Gasteiger partial charge in [-0.1, -0.05) is 32.4 Å². The Hall–Kier alpha value is -2.21. The average Bonchev–Trinajstić information content (AvgIpc) is 3.42. The Balaban J connectivity index is 1.56. The second kappa shape index (κ2) is 8.66. The van der Waals surface area contributed by atoms with Crippen LogP contribution in [0.4, 0.5) is 0 Å². The van der Waals surface area contributed by atoms with Gasteiger partial charge < -0.3 is 14.9 Å². The topological polar surface area (TPSA) is 62.7 Å². The van der Waals surface area contributed by atoms with E-state index >= 15 is 0 Å². The molecule has 1 aliphatic heterocycles. The maximum absolute atomic E-state index is 13.3. The minimum absolute atomic E-state index is 0.108. The number of hydrogen-bond acceptors (Lipinski definition) is 3. The molecular weight excluding hydrogens is 380 g/mol. The summed E-state index contributed by atoms with van der Waals surface area (Å²) in [4.78, 5) is 21.5. The molecular formula is C23H30N4OS. The van der Waals surface area contributed by atoms with Crippen LogP contribution in [0.25, 0.3) is 11.0 Å². The highest BCUT2D eigenvalue weighted by Gasteiger charge is 2.37. The van der Waals surface area contributed by atoms with Crippen molar-refractivity contribution in [2.75, 3.05) is 11.5 Å². The molecule has 1 aliphatic rings. The van der Waals surface area contributed by atoms with E-state index in [-0.39, 0.29) is 17.5 Å². The number of carbonyl (C=O) groups excluding carboxylic acids is 1. The minimum Gasteiger partial charge on any atom is -0.348 e. The van der Waals surface area contributed by atoms with E-state index in [1.165, 1.54) is 0 Å². The lowest BCUT2D eigenvalue weighted by atomic mass is 9.87. The van der Waals surface area contributed by atoms with Gasteiger partial charge in [0.1, 0.15) is 5.82 Å². The van der Waals surface area contributed by atoms with E-state index in [2.05, 4.69) is 53.2 Å². The molecule has 1 saturated heterocycles. The fourth-order valence-electron chi connectivity index (χ4n) is 4.29. The van der Waals surface area contributed by atoms with E-state index in [0.29, 0.717) is 12.3 Å². The van der Waals surface area contributed by atoms with Gasteiger partial charge in [-0.3, -0.25) is 4.79 Å². The van der Waals surface area contributed by atoms with E-state index < -0.39 is 0 Å². The van der Waals surface area contributed by atoms with Crippen molar-refractivity contribution in [3.63, 3.8) is 0 Å². The Bertz CT molecular complexity index is 910. The van der Waals surface area contributed by atoms with Gasteiger partial charge in [-0.05, 0) is 54.5 Å². The molecule has 4 rings (SSSR count). The zero-order valence-electron chi connectivity index (χ0n) is 17.2. The number of H-pyrrole nitrogens is 1. The number of nitrogens with one attached hydrogen (secondary N) is 2. The molecule has 1 aromatic carbocycles. The van der Waals surface area contributed by atoms with Crippen LogP contribution in [0.1, 0.15) is 51.4 Å². The van der Waals surface area contributed by atoms with E-state index in [1.54, 1.807) is 0 Å². The number of imidazole rings is 1. The van der Waals surface area contributed by atoms with Crippen LogP contribution in [-0.4, -0.2) is 31.9 Å². The number of rotatable bonds is 7. The zero-order valence-corrected chi connectivity index (χ0v) is 18.0. The molecule has 2 N–H and O–H groups in total. The summed E-state index contributed by atoms with van der Waals surface area (Å²) in [5, 5.41) is 3.33. The predicted molar refractivity (Wildman–Crippen MR) is 120 cm³/mol. The number of nitrogens with zero attached hydrogens (tertiary/aromatic N) is 2. The van der Waals surface area contributed by atoms with E-state index in [0.717, 1.165) is 47.6 Å². The number of aromatic amines is 1. The van der Waals surface area contributed by atoms with Crippen molar-refractivity contribution in [3.05, 3.63) is 54.6 Å². The van der Waals surface area contributed by atoms with Gasteiger partial charge >= 0.3 is 0 Å². The molecule has 3 heterocycles. The van der Waals surface area contributed by atoms with Crippen molar-refractivity contribution in [2.45, 2.75) is 51.1 Å². The highest BCUT2D eigenvalue weighted by atomic mass is 32.2. The average molecular weight is 411 g/mol. The van der Waals surface area contributed by atoms with Gasteiger partial charge in [0.15, 0.2) is 0 Å². The molecule has 5 nitrogen and oxygen atoms in total. The van der Waals surface area contributed by atoms with Crippen LogP contribution in [0.15, 0.2) is 48.8 Å². The highest BCUT2D eigenvalue weighted by Crippen LogP contribution is 2.37. The summed E-state index contributed by atoms with van der Waals surface area (Å²) in [6, 6.07) is 12.0. The lowest BCUT2D eigenvalue weighted by Crippen LogP contribution is -2.43. The number of thioether (sulfide) groups is 1. The largest absolute Gasteiger partial charge is 0.348 e. The summed E-state index contributed by atoms with van der Waals surface area (Å²) in [5.41, 5.74) is 1.84. The number of carbonyl (C=O) groups is 1. The fourth-order valence-corrected chi connectivity index (χ4v) is 5.54. The van der Waals surface area contributed by atoms with E-state index in [1.807, 2.05) is 36.0 Å². The Labute approximate surface area is 176 Å². The van der Waals surface area contributed by atoms with Crippen LogP contribution in [0.3, 0.4) is 0 Å². The fraction of sp³-hybridized carbons (Fsp3) is 0.478. The van der Waals surface area contributed by atoms with Gasteiger partial charge in [0.05, 0.1) is 29.0 Å². The van der Waals surface area contributed by atoms with Crippen molar-refractivity contribution in [3.8, 4) is 0 Å². The first-order chi connectivity index (χ1) is 14.1. The maximum Gasteiger partial charge on any atom is 0.222 e. The molecule has 0 aliphatic carbocycles. The van der Waals surface area contributed by atoms with Crippen LogP contribution >= 0.6 is 11.8 Å². The summed E-state index contributed by atoms with van der Waals surface area (Å²) in [5.74, 6) is 3.46. The number of fused-ring (bicyclic) bond motifs is 1. The Morgan fingerprint density at radius 1 is 1.24 bits per heavy atom. The lowest BCUT2D eigenvalue weighted by molar-refractivity contribution is -0.124. The first-order valence-corrected chi connectivity index (χ1v) is 11.7. The van der Waals surface area contributed by atoms with Gasteiger partial charge in [0.2, 0.25) is 5.91 Å². The van der Waals surface area contributed by atoms with Crippen LogP contribution in [0.5, 0.6) is 0 Å². The molecule has 2 aromatic heterocycles. The molecule has 29 heavy (non-hydrogen) atoms. The smallest absolute Gasteiger partial charge is 0.222 e. The minimum atomic E-state index is -0.118. The summed E-state index contributed by atoms with van der Waals surface area (Å²) in [6.07, 6.45) is 7.75. The van der Waals surface area contributed by atoms with Crippen LogP contribution in [0.2, 0.25) is 0 Å². The third-order valence-electron chi connectivity index (χ3n) is 6.30. The first kappa shape index (κ1) is 20.1. The summed E-state index contributed by atoms with van der Waals surface area (Å²) >= 11 is 1.98. The van der Waals surface area contributed by atoms with Gasteiger partial charge in [0.25, 0.3) is 0 Å². The van der Waals surface area contributed by atoms with Crippen LogP contribution in [-0.2, 0) is 10.3 Å². The molecule has 2 atom stereocenters. The number of aromatic nitrogens is 3. The Morgan fingerprint density at radius 2 is 1.97 bits per heavy atom. The van der Waals surface area contributed by atoms with Crippen molar-refractivity contribution in [2.24, 2.45) is 5.92 Å². The van der Waals surface area contributed by atoms with Gasteiger partial charge in [-0.25, -0.2) is 4.98 Å². The van der Waals surface area contributed by atoms with Crippen molar-refractivity contribution >= 4 is 28.7 Å².